The summed E-state index contributed by atoms with van der Waals surface area (Å²) < 4.78 is 4.84. The van der Waals surface area contributed by atoms with E-state index < -0.39 is 0 Å². The first kappa shape index (κ1) is 8.93. The van der Waals surface area contributed by atoms with Crippen LogP contribution in [0.3, 0.4) is 0 Å². The molecule has 4 heteroatoms. The van der Waals surface area contributed by atoms with Gasteiger partial charge in [-0.3, -0.25) is 0 Å². The number of likely N-dealkylation sites (N-methyl/N-ethyl adjacent to an activating group) is 1. The smallest absolute Gasteiger partial charge is 0.316 e. The van der Waals surface area contributed by atoms with Crippen LogP contribution in [-0.4, -0.2) is 30.7 Å². The fourth-order valence-electron chi connectivity index (χ4n) is 0.847. The number of hydrogen-bond acceptors (Lipinski definition) is 4. The molecule has 0 saturated heterocycles. The quantitative estimate of drug-likeness (QED) is 0.698. The molecule has 0 aliphatic heterocycles. The molecule has 0 aliphatic rings. The molecule has 66 valence electrons. The minimum absolute atomic E-state index is 0.420. The monoisotopic (exact) mass is 167 g/mol. The Morgan fingerprint density at radius 3 is 2.58 bits per heavy atom. The summed E-state index contributed by atoms with van der Waals surface area (Å²) in [6, 6.07) is 0.420. The largest absolute Gasteiger partial charge is 0.467 e. The van der Waals surface area contributed by atoms with E-state index in [9.17, 15) is 0 Å². The molecule has 0 aromatic carbocycles. The molecule has 1 aromatic heterocycles. The summed E-state index contributed by atoms with van der Waals surface area (Å²) in [6.07, 6.45) is 4.51. The zero-order valence-corrected chi connectivity index (χ0v) is 7.37. The summed E-state index contributed by atoms with van der Waals surface area (Å²) in [6.45, 7) is 0.940. The van der Waals surface area contributed by atoms with Gasteiger partial charge in [0.15, 0.2) is 0 Å². The SMILES string of the molecule is CNCCc1cnc(OC)nc1. The molecule has 0 atom stereocenters. The Morgan fingerprint density at radius 2 is 2.08 bits per heavy atom. The van der Waals surface area contributed by atoms with Gasteiger partial charge in [0.25, 0.3) is 0 Å². The molecule has 12 heavy (non-hydrogen) atoms. The Morgan fingerprint density at radius 1 is 1.42 bits per heavy atom. The molecule has 0 unspecified atom stereocenters. The van der Waals surface area contributed by atoms with Gasteiger partial charge in [0.1, 0.15) is 0 Å². The number of rotatable bonds is 4. The molecule has 1 rings (SSSR count). The molecule has 4 nitrogen and oxygen atoms in total. The van der Waals surface area contributed by atoms with Crippen LogP contribution >= 0.6 is 0 Å². The third-order valence-electron chi connectivity index (χ3n) is 1.53. The van der Waals surface area contributed by atoms with Crippen molar-refractivity contribution in [3.8, 4) is 6.01 Å². The first-order valence-corrected chi connectivity index (χ1v) is 3.86. The molecule has 0 spiro atoms. The topological polar surface area (TPSA) is 47.0 Å². The van der Waals surface area contributed by atoms with Crippen molar-refractivity contribution in [3.63, 3.8) is 0 Å². The van der Waals surface area contributed by atoms with Crippen molar-refractivity contribution in [1.82, 2.24) is 15.3 Å². The van der Waals surface area contributed by atoms with E-state index in [1.807, 2.05) is 7.05 Å². The molecule has 0 radical (unpaired) electrons. The Labute approximate surface area is 72.0 Å². The highest BCUT2D eigenvalue weighted by molar-refractivity contribution is 5.07. The summed E-state index contributed by atoms with van der Waals surface area (Å²) in [5.41, 5.74) is 1.12. The van der Waals surface area contributed by atoms with Crippen molar-refractivity contribution in [2.45, 2.75) is 6.42 Å². The van der Waals surface area contributed by atoms with E-state index in [0.29, 0.717) is 6.01 Å². The first-order chi connectivity index (χ1) is 5.86. The van der Waals surface area contributed by atoms with Crippen LogP contribution in [0.4, 0.5) is 0 Å². The third kappa shape index (κ3) is 2.47. The highest BCUT2D eigenvalue weighted by Crippen LogP contribution is 2.01. The fourth-order valence-corrected chi connectivity index (χ4v) is 0.847. The van der Waals surface area contributed by atoms with Crippen molar-refractivity contribution in [3.05, 3.63) is 18.0 Å². The summed E-state index contributed by atoms with van der Waals surface area (Å²) >= 11 is 0. The average Bonchev–Trinajstić information content (AvgIpc) is 2.15. The molecule has 0 aliphatic carbocycles. The number of hydrogen-bond donors (Lipinski definition) is 1. The maximum atomic E-state index is 4.84. The highest BCUT2D eigenvalue weighted by Gasteiger charge is 1.95. The van der Waals surface area contributed by atoms with Crippen molar-refractivity contribution < 1.29 is 4.74 Å². The van der Waals surface area contributed by atoms with Crippen LogP contribution in [0.5, 0.6) is 6.01 Å². The van der Waals surface area contributed by atoms with E-state index in [0.717, 1.165) is 18.5 Å². The molecule has 0 fully saturated rings. The van der Waals surface area contributed by atoms with Gasteiger partial charge < -0.3 is 10.1 Å². The second-order valence-corrected chi connectivity index (χ2v) is 2.43. The van der Waals surface area contributed by atoms with E-state index in [4.69, 9.17) is 4.74 Å². The van der Waals surface area contributed by atoms with E-state index in [1.54, 1.807) is 19.5 Å². The van der Waals surface area contributed by atoms with Crippen molar-refractivity contribution in [2.24, 2.45) is 0 Å². The van der Waals surface area contributed by atoms with Crippen molar-refractivity contribution >= 4 is 0 Å². The summed E-state index contributed by atoms with van der Waals surface area (Å²) in [5, 5.41) is 3.06. The van der Waals surface area contributed by atoms with E-state index >= 15 is 0 Å². The van der Waals surface area contributed by atoms with Crippen LogP contribution in [0.15, 0.2) is 12.4 Å². The maximum Gasteiger partial charge on any atom is 0.316 e. The normalized spacial score (nSPS) is 9.83. The van der Waals surface area contributed by atoms with Crippen LogP contribution in [0, 0.1) is 0 Å². The number of ether oxygens (including phenoxy) is 1. The number of aromatic nitrogens is 2. The highest BCUT2D eigenvalue weighted by atomic mass is 16.5. The number of methoxy groups -OCH3 is 1. The summed E-state index contributed by atoms with van der Waals surface area (Å²) in [5.74, 6) is 0. The minimum atomic E-state index is 0.420. The van der Waals surface area contributed by atoms with Gasteiger partial charge in [-0.2, -0.15) is 0 Å². The molecule has 1 N–H and O–H groups in total. The lowest BCUT2D eigenvalue weighted by Crippen LogP contribution is -2.10. The zero-order chi connectivity index (χ0) is 8.81. The molecular formula is C8H13N3O. The molecule has 0 saturated carbocycles. The number of nitrogens with one attached hydrogen (secondary N) is 1. The standard InChI is InChI=1S/C8H13N3O/c1-9-4-3-7-5-10-8(12-2)11-6-7/h5-6,9H,3-4H2,1-2H3. The van der Waals surface area contributed by atoms with Crippen LogP contribution < -0.4 is 10.1 Å². The third-order valence-corrected chi connectivity index (χ3v) is 1.53. The first-order valence-electron chi connectivity index (χ1n) is 3.86. The maximum absolute atomic E-state index is 4.84. The Balaban J connectivity index is 2.53. The van der Waals surface area contributed by atoms with Crippen LogP contribution in [0.1, 0.15) is 5.56 Å². The van der Waals surface area contributed by atoms with E-state index in [1.165, 1.54) is 0 Å². The second-order valence-electron chi connectivity index (χ2n) is 2.43. The van der Waals surface area contributed by atoms with Gasteiger partial charge >= 0.3 is 6.01 Å². The van der Waals surface area contributed by atoms with Crippen molar-refractivity contribution in [2.75, 3.05) is 20.7 Å². The van der Waals surface area contributed by atoms with Gasteiger partial charge in [-0.25, -0.2) is 9.97 Å². The van der Waals surface area contributed by atoms with E-state index in [-0.39, 0.29) is 0 Å². The minimum Gasteiger partial charge on any atom is -0.467 e. The van der Waals surface area contributed by atoms with Gasteiger partial charge in [0.05, 0.1) is 7.11 Å². The lowest BCUT2D eigenvalue weighted by atomic mass is 10.2. The molecular weight excluding hydrogens is 154 g/mol. The summed E-state index contributed by atoms with van der Waals surface area (Å²) in [4.78, 5) is 7.98. The van der Waals surface area contributed by atoms with Gasteiger partial charge in [-0.1, -0.05) is 0 Å². The molecule has 1 heterocycles. The Kier molecular flexibility index (Phi) is 3.47. The predicted octanol–water partition coefficient (Wildman–Crippen LogP) is 0.247. The zero-order valence-electron chi connectivity index (χ0n) is 7.37. The number of nitrogens with zero attached hydrogens (tertiary/aromatic N) is 2. The van der Waals surface area contributed by atoms with E-state index in [2.05, 4.69) is 15.3 Å². The molecule has 0 bridgehead atoms. The molecule has 0 amide bonds. The Hall–Kier alpha value is -1.16. The van der Waals surface area contributed by atoms with Crippen LogP contribution in [-0.2, 0) is 6.42 Å². The van der Waals surface area contributed by atoms with Gasteiger partial charge in [-0.05, 0) is 25.6 Å². The lowest BCUT2D eigenvalue weighted by Gasteiger charge is -2.00. The predicted molar refractivity (Wildman–Crippen MR) is 46.2 cm³/mol. The lowest BCUT2D eigenvalue weighted by molar-refractivity contribution is 0.379. The summed E-state index contributed by atoms with van der Waals surface area (Å²) in [7, 11) is 3.48. The van der Waals surface area contributed by atoms with Crippen LogP contribution in [0.25, 0.3) is 0 Å². The Bertz CT molecular complexity index is 222. The van der Waals surface area contributed by atoms with Gasteiger partial charge in [0.2, 0.25) is 0 Å². The fraction of sp³-hybridized carbons (Fsp3) is 0.500. The average molecular weight is 167 g/mol. The van der Waals surface area contributed by atoms with Gasteiger partial charge in [0, 0.05) is 12.4 Å². The second kappa shape index (κ2) is 4.66. The van der Waals surface area contributed by atoms with Gasteiger partial charge in [-0.15, -0.1) is 0 Å². The van der Waals surface area contributed by atoms with Crippen LogP contribution in [0.2, 0.25) is 0 Å². The molecule has 1 aromatic rings. The van der Waals surface area contributed by atoms with Crippen molar-refractivity contribution in [1.29, 1.82) is 0 Å².